The van der Waals surface area contributed by atoms with E-state index < -0.39 is 9.84 Å². The van der Waals surface area contributed by atoms with Gasteiger partial charge in [0.25, 0.3) is 0 Å². The Hall–Kier alpha value is -1.77. The largest absolute Gasteiger partial charge is 0.325 e. The molecular formula is C22H31N3O3S2. The van der Waals surface area contributed by atoms with E-state index in [0.29, 0.717) is 13.0 Å². The van der Waals surface area contributed by atoms with Crippen molar-refractivity contribution >= 4 is 32.8 Å². The van der Waals surface area contributed by atoms with Gasteiger partial charge in [0.1, 0.15) is 5.01 Å². The van der Waals surface area contributed by atoms with E-state index in [2.05, 4.69) is 22.1 Å². The average Bonchev–Trinajstić information content (AvgIpc) is 3.27. The molecule has 0 saturated carbocycles. The molecule has 1 saturated heterocycles. The zero-order chi connectivity index (χ0) is 21.7. The molecule has 1 unspecified atom stereocenters. The second-order valence-corrected chi connectivity index (χ2v) is 11.3. The zero-order valence-electron chi connectivity index (χ0n) is 18.0. The van der Waals surface area contributed by atoms with Gasteiger partial charge >= 0.3 is 0 Å². The Morgan fingerprint density at radius 2 is 2.13 bits per heavy atom. The first-order valence-corrected chi connectivity index (χ1v) is 13.2. The third-order valence-corrected chi connectivity index (χ3v) is 8.11. The SMILES string of the molecule is CCCCN(Cc1csc(CC(=O)Nc2cc(C)ccc2C)n1)C1CCS(=O)(=O)C1. The molecule has 1 aliphatic rings. The summed E-state index contributed by atoms with van der Waals surface area (Å²) in [6.07, 6.45) is 3.04. The van der Waals surface area contributed by atoms with Crippen LogP contribution in [0, 0.1) is 13.8 Å². The van der Waals surface area contributed by atoms with Crippen LogP contribution in [0.2, 0.25) is 0 Å². The van der Waals surface area contributed by atoms with Crippen molar-refractivity contribution in [3.05, 3.63) is 45.4 Å². The van der Waals surface area contributed by atoms with E-state index in [-0.39, 0.29) is 29.9 Å². The van der Waals surface area contributed by atoms with Crippen molar-refractivity contribution in [2.75, 3.05) is 23.4 Å². The van der Waals surface area contributed by atoms with Crippen LogP contribution < -0.4 is 5.32 Å². The summed E-state index contributed by atoms with van der Waals surface area (Å²) < 4.78 is 23.8. The number of thiazole rings is 1. The summed E-state index contributed by atoms with van der Waals surface area (Å²) in [6.45, 7) is 7.62. The number of nitrogens with one attached hydrogen (secondary N) is 1. The molecule has 30 heavy (non-hydrogen) atoms. The van der Waals surface area contributed by atoms with Crippen molar-refractivity contribution in [3.63, 3.8) is 0 Å². The highest BCUT2D eigenvalue weighted by Crippen LogP contribution is 2.22. The smallest absolute Gasteiger partial charge is 0.231 e. The maximum absolute atomic E-state index is 12.5. The molecule has 1 aromatic carbocycles. The number of nitrogens with zero attached hydrogens (tertiary/aromatic N) is 2. The molecule has 1 atom stereocenters. The van der Waals surface area contributed by atoms with E-state index in [0.717, 1.165) is 46.9 Å². The van der Waals surface area contributed by atoms with Crippen LogP contribution in [-0.4, -0.2) is 48.3 Å². The van der Waals surface area contributed by atoms with Gasteiger partial charge in [-0.05, 0) is 50.4 Å². The van der Waals surface area contributed by atoms with Crippen LogP contribution in [0.15, 0.2) is 23.6 Å². The highest BCUT2D eigenvalue weighted by molar-refractivity contribution is 7.91. The summed E-state index contributed by atoms with van der Waals surface area (Å²) in [6, 6.07) is 6.07. The molecule has 2 heterocycles. The lowest BCUT2D eigenvalue weighted by Gasteiger charge is -2.27. The lowest BCUT2D eigenvalue weighted by molar-refractivity contribution is -0.115. The topological polar surface area (TPSA) is 79.4 Å². The molecule has 0 bridgehead atoms. The van der Waals surface area contributed by atoms with Crippen molar-refractivity contribution in [3.8, 4) is 0 Å². The Morgan fingerprint density at radius 3 is 2.83 bits per heavy atom. The number of benzene rings is 1. The predicted octanol–water partition coefficient (Wildman–Crippen LogP) is 3.73. The summed E-state index contributed by atoms with van der Waals surface area (Å²) in [7, 11) is -2.92. The fourth-order valence-electron chi connectivity index (χ4n) is 3.73. The molecule has 3 rings (SSSR count). The molecule has 1 aromatic heterocycles. The molecule has 0 spiro atoms. The number of aryl methyl sites for hydroxylation is 2. The maximum Gasteiger partial charge on any atom is 0.231 e. The van der Waals surface area contributed by atoms with Gasteiger partial charge in [-0.2, -0.15) is 0 Å². The van der Waals surface area contributed by atoms with Crippen molar-refractivity contribution in [2.24, 2.45) is 0 Å². The fourth-order valence-corrected chi connectivity index (χ4v) is 6.27. The van der Waals surface area contributed by atoms with Gasteiger partial charge in [-0.25, -0.2) is 13.4 Å². The first-order valence-electron chi connectivity index (χ1n) is 10.5. The van der Waals surface area contributed by atoms with Gasteiger partial charge in [0.05, 0.1) is 23.6 Å². The van der Waals surface area contributed by atoms with Crippen LogP contribution in [0.4, 0.5) is 5.69 Å². The summed E-state index contributed by atoms with van der Waals surface area (Å²) in [5.41, 5.74) is 3.89. The monoisotopic (exact) mass is 449 g/mol. The normalized spacial score (nSPS) is 18.1. The Morgan fingerprint density at radius 1 is 1.33 bits per heavy atom. The van der Waals surface area contributed by atoms with Gasteiger partial charge in [0.15, 0.2) is 9.84 Å². The minimum absolute atomic E-state index is 0.0688. The summed E-state index contributed by atoms with van der Waals surface area (Å²) in [4.78, 5) is 19.4. The molecule has 1 fully saturated rings. The van der Waals surface area contributed by atoms with Crippen LogP contribution >= 0.6 is 11.3 Å². The lowest BCUT2D eigenvalue weighted by Crippen LogP contribution is -2.36. The number of hydrogen-bond acceptors (Lipinski definition) is 6. The number of unbranched alkanes of at least 4 members (excludes halogenated alkanes) is 1. The number of aromatic nitrogens is 1. The number of sulfone groups is 1. The minimum Gasteiger partial charge on any atom is -0.325 e. The number of hydrogen-bond donors (Lipinski definition) is 1. The highest BCUT2D eigenvalue weighted by Gasteiger charge is 2.32. The predicted molar refractivity (Wildman–Crippen MR) is 123 cm³/mol. The van der Waals surface area contributed by atoms with E-state index in [1.165, 1.54) is 11.3 Å². The number of carbonyl (C=O) groups excluding carboxylic acids is 1. The highest BCUT2D eigenvalue weighted by atomic mass is 32.2. The standard InChI is InChI=1S/C22H31N3O3S2/c1-4-5-9-25(19-8-10-30(27,28)15-19)13-18-14-29-22(23-18)12-21(26)24-20-11-16(2)6-7-17(20)3/h6-7,11,14,19H,4-5,8-10,12-13,15H2,1-3H3,(H,24,26). The lowest BCUT2D eigenvalue weighted by atomic mass is 10.1. The first kappa shape index (κ1) is 22.9. The van der Waals surface area contributed by atoms with E-state index in [1.807, 2.05) is 37.4 Å². The van der Waals surface area contributed by atoms with Gasteiger partial charge < -0.3 is 5.32 Å². The molecule has 1 amide bonds. The average molecular weight is 450 g/mol. The summed E-state index contributed by atoms with van der Waals surface area (Å²) in [5, 5.41) is 5.75. The van der Waals surface area contributed by atoms with Gasteiger partial charge in [0, 0.05) is 23.7 Å². The molecule has 6 nitrogen and oxygen atoms in total. The number of carbonyl (C=O) groups is 1. The van der Waals surface area contributed by atoms with Crippen LogP contribution in [0.3, 0.4) is 0 Å². The third kappa shape index (κ3) is 6.36. The number of rotatable bonds is 9. The van der Waals surface area contributed by atoms with E-state index in [1.54, 1.807) is 0 Å². The molecular weight excluding hydrogens is 418 g/mol. The fraction of sp³-hybridized carbons (Fsp3) is 0.545. The Labute approximate surface area is 183 Å². The molecule has 0 aliphatic carbocycles. The van der Waals surface area contributed by atoms with Crippen molar-refractivity contribution in [2.45, 2.75) is 59.0 Å². The Balaban J connectivity index is 1.61. The van der Waals surface area contributed by atoms with Crippen molar-refractivity contribution in [1.29, 1.82) is 0 Å². The molecule has 164 valence electrons. The molecule has 8 heteroatoms. The second-order valence-electron chi connectivity index (χ2n) is 8.16. The van der Waals surface area contributed by atoms with E-state index >= 15 is 0 Å². The van der Waals surface area contributed by atoms with Crippen molar-refractivity contribution < 1.29 is 13.2 Å². The molecule has 1 aliphatic heterocycles. The number of anilines is 1. The summed E-state index contributed by atoms with van der Waals surface area (Å²) >= 11 is 1.49. The van der Waals surface area contributed by atoms with Gasteiger partial charge in [0.2, 0.25) is 5.91 Å². The number of amides is 1. The van der Waals surface area contributed by atoms with E-state index in [9.17, 15) is 13.2 Å². The van der Waals surface area contributed by atoms with Crippen LogP contribution in [0.25, 0.3) is 0 Å². The zero-order valence-corrected chi connectivity index (χ0v) is 19.6. The van der Waals surface area contributed by atoms with E-state index in [4.69, 9.17) is 0 Å². The van der Waals surface area contributed by atoms with Crippen molar-refractivity contribution in [1.82, 2.24) is 9.88 Å². The molecule has 2 aromatic rings. The second kappa shape index (κ2) is 10.0. The first-order chi connectivity index (χ1) is 14.3. The minimum atomic E-state index is -2.92. The van der Waals surface area contributed by atoms with Gasteiger partial charge in [-0.15, -0.1) is 11.3 Å². The van der Waals surface area contributed by atoms with Gasteiger partial charge in [-0.3, -0.25) is 9.69 Å². The maximum atomic E-state index is 12.5. The summed E-state index contributed by atoms with van der Waals surface area (Å²) in [5.74, 6) is 0.446. The molecule has 1 N–H and O–H groups in total. The third-order valence-electron chi connectivity index (χ3n) is 5.47. The Bertz CT molecular complexity index is 985. The van der Waals surface area contributed by atoms with Gasteiger partial charge in [-0.1, -0.05) is 25.5 Å². The van der Waals surface area contributed by atoms with Crippen LogP contribution in [-0.2, 0) is 27.6 Å². The van der Waals surface area contributed by atoms with Crippen LogP contribution in [0.1, 0.15) is 48.0 Å². The quantitative estimate of drug-likeness (QED) is 0.631. The molecule has 0 radical (unpaired) electrons. The Kier molecular flexibility index (Phi) is 7.65. The van der Waals surface area contributed by atoms with Crippen LogP contribution in [0.5, 0.6) is 0 Å².